The van der Waals surface area contributed by atoms with Gasteiger partial charge < -0.3 is 15.7 Å². The number of rotatable bonds is 4. The molecule has 0 fully saturated rings. The van der Waals surface area contributed by atoms with Gasteiger partial charge >= 0.3 is 11.8 Å². The summed E-state index contributed by atoms with van der Waals surface area (Å²) >= 11 is 0. The van der Waals surface area contributed by atoms with Gasteiger partial charge in [0, 0.05) is 13.1 Å². The molecule has 3 N–H and O–H groups in total. The molecule has 5 nitrogen and oxygen atoms in total. The van der Waals surface area contributed by atoms with Crippen molar-refractivity contribution < 1.29 is 14.7 Å². The molecule has 82 valence electrons. The molecule has 5 heteroatoms. The Balaban J connectivity index is 3.71. The smallest absolute Gasteiger partial charge is 0.309 e. The number of carbonyl (C=O) groups excluding carboxylic acids is 2. The quantitative estimate of drug-likeness (QED) is 0.525. The summed E-state index contributed by atoms with van der Waals surface area (Å²) in [6.07, 6.45) is -0.642. The van der Waals surface area contributed by atoms with E-state index in [0.29, 0.717) is 12.5 Å². The summed E-state index contributed by atoms with van der Waals surface area (Å²) < 4.78 is 0. The second-order valence-corrected chi connectivity index (χ2v) is 3.66. The van der Waals surface area contributed by atoms with Gasteiger partial charge in [-0.15, -0.1) is 0 Å². The van der Waals surface area contributed by atoms with E-state index in [1.54, 1.807) is 0 Å². The van der Waals surface area contributed by atoms with Crippen molar-refractivity contribution in [2.45, 2.75) is 26.9 Å². The second-order valence-electron chi connectivity index (χ2n) is 3.66. The Bertz CT molecular complexity index is 180. The predicted octanol–water partition coefficient (Wildman–Crippen LogP) is -0.744. The third-order valence-corrected chi connectivity index (χ3v) is 1.44. The van der Waals surface area contributed by atoms with Gasteiger partial charge in [0.1, 0.15) is 0 Å². The van der Waals surface area contributed by atoms with Gasteiger partial charge in [0.15, 0.2) is 0 Å². The standard InChI is InChI=1S/C9H18N2O3/c1-6(2)4-10-8(13)9(14)11-5-7(3)12/h6-7,12H,4-5H2,1-3H3,(H,10,13)(H,11,14)/t7-/m0/s1. The van der Waals surface area contributed by atoms with Crippen LogP contribution in [0.2, 0.25) is 0 Å². The molecule has 0 rings (SSSR count). The molecule has 0 aliphatic carbocycles. The van der Waals surface area contributed by atoms with Gasteiger partial charge in [0.25, 0.3) is 0 Å². The molecular weight excluding hydrogens is 184 g/mol. The molecule has 1 atom stereocenters. The number of amides is 2. The highest BCUT2D eigenvalue weighted by Gasteiger charge is 2.13. The third kappa shape index (κ3) is 6.42. The number of hydrogen-bond donors (Lipinski definition) is 3. The van der Waals surface area contributed by atoms with E-state index in [-0.39, 0.29) is 6.54 Å². The third-order valence-electron chi connectivity index (χ3n) is 1.44. The lowest BCUT2D eigenvalue weighted by atomic mass is 10.2. The Morgan fingerprint density at radius 3 is 1.86 bits per heavy atom. The molecule has 0 spiro atoms. The van der Waals surface area contributed by atoms with Crippen LogP contribution < -0.4 is 10.6 Å². The van der Waals surface area contributed by atoms with Crippen LogP contribution in [0.5, 0.6) is 0 Å². The zero-order valence-electron chi connectivity index (χ0n) is 8.83. The van der Waals surface area contributed by atoms with E-state index in [0.717, 1.165) is 0 Å². The summed E-state index contributed by atoms with van der Waals surface area (Å²) in [5.74, 6) is -1.05. The van der Waals surface area contributed by atoms with Gasteiger partial charge in [-0.3, -0.25) is 9.59 Å². The summed E-state index contributed by atoms with van der Waals surface area (Å²) in [6.45, 7) is 5.98. The molecule has 0 saturated carbocycles. The minimum atomic E-state index is -0.702. The summed E-state index contributed by atoms with van der Waals surface area (Å²) in [6, 6.07) is 0. The van der Waals surface area contributed by atoms with Crippen LogP contribution in [0.1, 0.15) is 20.8 Å². The first-order valence-electron chi connectivity index (χ1n) is 4.67. The maximum atomic E-state index is 11.1. The van der Waals surface area contributed by atoms with Gasteiger partial charge in [-0.2, -0.15) is 0 Å². The minimum absolute atomic E-state index is 0.0912. The molecule has 0 heterocycles. The van der Waals surface area contributed by atoms with Gasteiger partial charge in [0.2, 0.25) is 0 Å². The fourth-order valence-corrected chi connectivity index (χ4v) is 0.698. The van der Waals surface area contributed by atoms with Crippen LogP contribution in [0.3, 0.4) is 0 Å². The highest BCUT2D eigenvalue weighted by atomic mass is 16.3. The molecule has 0 aliphatic rings. The Kier molecular flexibility index (Phi) is 5.87. The molecule has 14 heavy (non-hydrogen) atoms. The van der Waals surface area contributed by atoms with Crippen LogP contribution >= 0.6 is 0 Å². The van der Waals surface area contributed by atoms with Crippen molar-refractivity contribution in [2.24, 2.45) is 5.92 Å². The van der Waals surface area contributed by atoms with Gasteiger partial charge in [-0.05, 0) is 12.8 Å². The number of aliphatic hydroxyl groups excluding tert-OH is 1. The monoisotopic (exact) mass is 202 g/mol. The van der Waals surface area contributed by atoms with E-state index in [9.17, 15) is 9.59 Å². The van der Waals surface area contributed by atoms with Crippen molar-refractivity contribution in [3.05, 3.63) is 0 Å². The molecule has 0 aromatic rings. The lowest BCUT2D eigenvalue weighted by Crippen LogP contribution is -2.43. The van der Waals surface area contributed by atoms with E-state index in [4.69, 9.17) is 5.11 Å². The lowest BCUT2D eigenvalue weighted by molar-refractivity contribution is -0.139. The molecular formula is C9H18N2O3. The zero-order chi connectivity index (χ0) is 11.1. The fraction of sp³-hybridized carbons (Fsp3) is 0.778. The van der Waals surface area contributed by atoms with E-state index in [2.05, 4.69) is 10.6 Å². The highest BCUT2D eigenvalue weighted by Crippen LogP contribution is 1.86. The van der Waals surface area contributed by atoms with Crippen molar-refractivity contribution >= 4 is 11.8 Å². The van der Waals surface area contributed by atoms with Crippen LogP contribution in [0.4, 0.5) is 0 Å². The Labute approximate surface area is 83.9 Å². The molecule has 0 unspecified atom stereocenters. The maximum absolute atomic E-state index is 11.1. The van der Waals surface area contributed by atoms with Crippen molar-refractivity contribution in [3.8, 4) is 0 Å². The van der Waals surface area contributed by atoms with Gasteiger partial charge in [0.05, 0.1) is 6.10 Å². The largest absolute Gasteiger partial charge is 0.392 e. The first-order valence-corrected chi connectivity index (χ1v) is 4.67. The van der Waals surface area contributed by atoms with Crippen LogP contribution in [0.25, 0.3) is 0 Å². The van der Waals surface area contributed by atoms with Gasteiger partial charge in [-0.1, -0.05) is 13.8 Å². The summed E-state index contributed by atoms with van der Waals surface area (Å²) in [7, 11) is 0. The van der Waals surface area contributed by atoms with Crippen molar-refractivity contribution in [3.63, 3.8) is 0 Å². The summed E-state index contributed by atoms with van der Waals surface area (Å²) in [4.78, 5) is 22.1. The normalized spacial score (nSPS) is 12.4. The number of aliphatic hydroxyl groups is 1. The predicted molar refractivity (Wildman–Crippen MR) is 52.5 cm³/mol. The minimum Gasteiger partial charge on any atom is -0.392 e. The molecule has 0 aromatic heterocycles. The highest BCUT2D eigenvalue weighted by molar-refractivity contribution is 6.35. The van der Waals surface area contributed by atoms with Crippen LogP contribution in [-0.4, -0.2) is 36.1 Å². The number of nitrogens with one attached hydrogen (secondary N) is 2. The Morgan fingerprint density at radius 1 is 1.07 bits per heavy atom. The van der Waals surface area contributed by atoms with E-state index in [1.165, 1.54) is 6.92 Å². The molecule has 0 bridgehead atoms. The van der Waals surface area contributed by atoms with Crippen molar-refractivity contribution in [1.29, 1.82) is 0 Å². The molecule has 0 radical (unpaired) electrons. The topological polar surface area (TPSA) is 78.4 Å². The second kappa shape index (κ2) is 6.37. The van der Waals surface area contributed by atoms with Crippen LogP contribution in [-0.2, 0) is 9.59 Å². The number of hydrogen-bond acceptors (Lipinski definition) is 3. The first kappa shape index (κ1) is 12.9. The lowest BCUT2D eigenvalue weighted by Gasteiger charge is -2.08. The SMILES string of the molecule is CC(C)CNC(=O)C(=O)NC[C@H](C)O. The Morgan fingerprint density at radius 2 is 1.50 bits per heavy atom. The van der Waals surface area contributed by atoms with Gasteiger partial charge in [-0.25, -0.2) is 0 Å². The van der Waals surface area contributed by atoms with E-state index < -0.39 is 17.9 Å². The Hall–Kier alpha value is -1.10. The molecule has 0 saturated heterocycles. The first-order chi connectivity index (χ1) is 6.43. The maximum Gasteiger partial charge on any atom is 0.309 e. The van der Waals surface area contributed by atoms with E-state index >= 15 is 0 Å². The van der Waals surface area contributed by atoms with Crippen LogP contribution in [0, 0.1) is 5.92 Å². The average molecular weight is 202 g/mol. The molecule has 2 amide bonds. The molecule has 0 aliphatic heterocycles. The average Bonchev–Trinajstić information content (AvgIpc) is 2.09. The molecule has 0 aromatic carbocycles. The van der Waals surface area contributed by atoms with Crippen molar-refractivity contribution in [2.75, 3.05) is 13.1 Å². The van der Waals surface area contributed by atoms with E-state index in [1.807, 2.05) is 13.8 Å². The fourth-order valence-electron chi connectivity index (χ4n) is 0.698. The van der Waals surface area contributed by atoms with Crippen molar-refractivity contribution in [1.82, 2.24) is 10.6 Å². The number of carbonyl (C=O) groups is 2. The zero-order valence-corrected chi connectivity index (χ0v) is 8.83. The van der Waals surface area contributed by atoms with Crippen LogP contribution in [0.15, 0.2) is 0 Å². The summed E-state index contributed by atoms with van der Waals surface area (Å²) in [5.41, 5.74) is 0. The summed E-state index contributed by atoms with van der Waals surface area (Å²) in [5, 5.41) is 13.6.